The number of piperidine rings is 1. The topological polar surface area (TPSA) is 50.8 Å². The molecular weight excluding hydrogens is 400 g/mol. The van der Waals surface area contributed by atoms with Crippen molar-refractivity contribution in [3.63, 3.8) is 0 Å². The Bertz CT molecular complexity index is 870. The molecule has 172 valence electrons. The van der Waals surface area contributed by atoms with Gasteiger partial charge in [-0.25, -0.2) is 0 Å². The molecule has 1 aliphatic heterocycles. The molecule has 0 bridgehead atoms. The van der Waals surface area contributed by atoms with E-state index in [4.69, 9.17) is 9.47 Å². The summed E-state index contributed by atoms with van der Waals surface area (Å²) in [6, 6.07) is 17.1. The smallest absolute Gasteiger partial charge is 0.224 e. The van der Waals surface area contributed by atoms with E-state index in [1.165, 1.54) is 29.5 Å². The third-order valence-corrected chi connectivity index (χ3v) is 6.61. The van der Waals surface area contributed by atoms with Crippen molar-refractivity contribution in [1.29, 1.82) is 0 Å². The van der Waals surface area contributed by atoms with E-state index < -0.39 is 0 Å². The van der Waals surface area contributed by atoms with E-state index >= 15 is 0 Å². The van der Waals surface area contributed by atoms with Crippen LogP contribution in [0.5, 0.6) is 5.75 Å². The number of carbonyl (C=O) groups is 1. The first-order valence-corrected chi connectivity index (χ1v) is 12.0. The van der Waals surface area contributed by atoms with Gasteiger partial charge in [0, 0.05) is 45.8 Å². The van der Waals surface area contributed by atoms with Crippen LogP contribution in [0, 0.1) is 11.8 Å². The predicted octanol–water partition coefficient (Wildman–Crippen LogP) is 3.85. The molecule has 0 radical (unpaired) electrons. The first-order chi connectivity index (χ1) is 15.7. The van der Waals surface area contributed by atoms with Crippen molar-refractivity contribution in [1.82, 2.24) is 10.2 Å². The molecule has 2 aliphatic rings. The molecule has 1 heterocycles. The van der Waals surface area contributed by atoms with Crippen molar-refractivity contribution in [2.45, 2.75) is 38.6 Å². The zero-order valence-electron chi connectivity index (χ0n) is 19.2. The van der Waals surface area contributed by atoms with E-state index in [1.54, 1.807) is 7.11 Å². The van der Waals surface area contributed by atoms with Crippen LogP contribution in [0.15, 0.2) is 48.5 Å². The van der Waals surface area contributed by atoms with Crippen LogP contribution in [0.1, 0.15) is 36.0 Å². The summed E-state index contributed by atoms with van der Waals surface area (Å²) in [5.41, 5.74) is 4.19. The molecule has 0 aromatic heterocycles. The van der Waals surface area contributed by atoms with Crippen LogP contribution in [0.2, 0.25) is 0 Å². The van der Waals surface area contributed by atoms with Crippen molar-refractivity contribution < 1.29 is 14.3 Å². The Morgan fingerprint density at radius 1 is 1.09 bits per heavy atom. The maximum Gasteiger partial charge on any atom is 0.224 e. The monoisotopic (exact) mass is 436 g/mol. The van der Waals surface area contributed by atoms with E-state index in [0.717, 1.165) is 44.6 Å². The van der Waals surface area contributed by atoms with E-state index in [-0.39, 0.29) is 11.8 Å². The summed E-state index contributed by atoms with van der Waals surface area (Å²) in [5, 5.41) is 3.11. The average molecular weight is 437 g/mol. The number of hydrogen-bond donors (Lipinski definition) is 1. The van der Waals surface area contributed by atoms with Crippen molar-refractivity contribution >= 4 is 5.91 Å². The predicted molar refractivity (Wildman–Crippen MR) is 127 cm³/mol. The Balaban J connectivity index is 1.37. The van der Waals surface area contributed by atoms with Gasteiger partial charge in [-0.1, -0.05) is 36.4 Å². The maximum atomic E-state index is 12.9. The van der Waals surface area contributed by atoms with Gasteiger partial charge in [0.15, 0.2) is 0 Å². The lowest BCUT2D eigenvalue weighted by Crippen LogP contribution is -2.47. The summed E-state index contributed by atoms with van der Waals surface area (Å²) in [5.74, 6) is 1.44. The van der Waals surface area contributed by atoms with Crippen molar-refractivity contribution in [2.24, 2.45) is 11.8 Å². The van der Waals surface area contributed by atoms with Gasteiger partial charge in [0.2, 0.25) is 5.91 Å². The van der Waals surface area contributed by atoms with E-state index in [0.29, 0.717) is 25.7 Å². The zero-order valence-corrected chi connectivity index (χ0v) is 19.2. The quantitative estimate of drug-likeness (QED) is 0.575. The van der Waals surface area contributed by atoms with Gasteiger partial charge < -0.3 is 14.8 Å². The molecule has 0 unspecified atom stereocenters. The third-order valence-electron chi connectivity index (χ3n) is 6.61. The number of likely N-dealkylation sites (tertiary alicyclic amines) is 1. The fourth-order valence-electron chi connectivity index (χ4n) is 5.01. The van der Waals surface area contributed by atoms with E-state index in [1.807, 2.05) is 6.07 Å². The molecule has 32 heavy (non-hydrogen) atoms. The van der Waals surface area contributed by atoms with Gasteiger partial charge in [0.05, 0.1) is 12.5 Å². The number of nitrogens with zero attached hydrogens (tertiary/aromatic N) is 1. The lowest BCUT2D eigenvalue weighted by Gasteiger charge is -2.37. The highest BCUT2D eigenvalue weighted by molar-refractivity contribution is 5.79. The van der Waals surface area contributed by atoms with Crippen LogP contribution >= 0.6 is 0 Å². The standard InChI is InChI=1S/C27H36N2O3/c1-31-14-6-13-28-27(30)25-15-22(18-29(19-25)17-21-7-3-2-4-8-21)20-32-26-12-11-23-9-5-10-24(23)16-26/h2-4,7-8,11-12,16,22,25H,5-6,9-10,13-15,17-20H2,1H3,(H,28,30)/t22-,25+/m0/s1. The lowest BCUT2D eigenvalue weighted by atomic mass is 9.88. The molecule has 0 saturated carbocycles. The Hall–Kier alpha value is -2.37. The van der Waals surface area contributed by atoms with E-state index in [2.05, 4.69) is 52.7 Å². The number of carbonyl (C=O) groups excluding carboxylic acids is 1. The summed E-state index contributed by atoms with van der Waals surface area (Å²) in [4.78, 5) is 15.3. The third kappa shape index (κ3) is 6.33. The van der Waals surface area contributed by atoms with Crippen molar-refractivity contribution in [3.8, 4) is 5.75 Å². The number of benzene rings is 2. The minimum Gasteiger partial charge on any atom is -0.493 e. The lowest BCUT2D eigenvalue weighted by molar-refractivity contribution is -0.127. The molecule has 2 atom stereocenters. The highest BCUT2D eigenvalue weighted by Gasteiger charge is 2.32. The van der Waals surface area contributed by atoms with Crippen LogP contribution in [-0.4, -0.2) is 50.8 Å². The van der Waals surface area contributed by atoms with Gasteiger partial charge in [0.1, 0.15) is 5.75 Å². The summed E-state index contributed by atoms with van der Waals surface area (Å²) < 4.78 is 11.3. The highest BCUT2D eigenvalue weighted by Crippen LogP contribution is 2.28. The van der Waals surface area contributed by atoms with E-state index in [9.17, 15) is 4.79 Å². The van der Waals surface area contributed by atoms with Gasteiger partial charge >= 0.3 is 0 Å². The number of ether oxygens (including phenoxy) is 2. The number of rotatable bonds is 10. The Morgan fingerprint density at radius 2 is 1.94 bits per heavy atom. The first-order valence-electron chi connectivity index (χ1n) is 12.0. The van der Waals surface area contributed by atoms with Gasteiger partial charge in [0.25, 0.3) is 0 Å². The van der Waals surface area contributed by atoms with Crippen LogP contribution < -0.4 is 10.1 Å². The van der Waals surface area contributed by atoms with Crippen molar-refractivity contribution in [3.05, 3.63) is 65.2 Å². The molecule has 2 aromatic rings. The van der Waals surface area contributed by atoms with Crippen LogP contribution in [0.25, 0.3) is 0 Å². The molecule has 5 heteroatoms. The number of aryl methyl sites for hydroxylation is 2. The minimum absolute atomic E-state index is 0.0105. The molecule has 1 saturated heterocycles. The second kappa shape index (κ2) is 11.5. The summed E-state index contributed by atoms with van der Waals surface area (Å²) in [7, 11) is 1.69. The fourth-order valence-corrected chi connectivity index (χ4v) is 5.01. The minimum atomic E-state index is -0.0105. The summed E-state index contributed by atoms with van der Waals surface area (Å²) in [6.45, 7) is 4.59. The Labute approximate surface area is 192 Å². The number of nitrogens with one attached hydrogen (secondary N) is 1. The SMILES string of the molecule is COCCCNC(=O)[C@@H]1C[C@H](COc2ccc3c(c2)CCC3)CN(Cc2ccccc2)C1. The van der Waals surface area contributed by atoms with Crippen LogP contribution in [-0.2, 0) is 28.9 Å². The maximum absolute atomic E-state index is 12.9. The first kappa shape index (κ1) is 22.8. The van der Waals surface area contributed by atoms with Crippen molar-refractivity contribution in [2.75, 3.05) is 40.0 Å². The molecule has 1 fully saturated rings. The van der Waals surface area contributed by atoms with Gasteiger partial charge in [-0.2, -0.15) is 0 Å². The zero-order chi connectivity index (χ0) is 22.2. The molecule has 0 spiro atoms. The van der Waals surface area contributed by atoms with Crippen LogP contribution in [0.4, 0.5) is 0 Å². The molecule has 4 rings (SSSR count). The molecule has 2 aromatic carbocycles. The summed E-state index contributed by atoms with van der Waals surface area (Å²) in [6.07, 6.45) is 5.30. The summed E-state index contributed by atoms with van der Waals surface area (Å²) >= 11 is 0. The number of amides is 1. The normalized spacial score (nSPS) is 20.7. The molecular formula is C27H36N2O3. The van der Waals surface area contributed by atoms with Gasteiger partial charge in [-0.3, -0.25) is 9.69 Å². The largest absolute Gasteiger partial charge is 0.493 e. The Morgan fingerprint density at radius 3 is 2.78 bits per heavy atom. The molecule has 1 amide bonds. The van der Waals surface area contributed by atoms with Gasteiger partial charge in [-0.15, -0.1) is 0 Å². The number of hydrogen-bond acceptors (Lipinski definition) is 4. The fraction of sp³-hybridized carbons (Fsp3) is 0.519. The van der Waals surface area contributed by atoms with Crippen LogP contribution in [0.3, 0.4) is 0 Å². The highest BCUT2D eigenvalue weighted by atomic mass is 16.5. The molecule has 1 aliphatic carbocycles. The number of methoxy groups -OCH3 is 1. The number of fused-ring (bicyclic) bond motifs is 1. The molecule has 5 nitrogen and oxygen atoms in total. The van der Waals surface area contributed by atoms with Gasteiger partial charge in [-0.05, 0) is 60.9 Å². The second-order valence-corrected chi connectivity index (χ2v) is 9.21. The second-order valence-electron chi connectivity index (χ2n) is 9.21. The Kier molecular flexibility index (Phi) is 8.18. The molecule has 1 N–H and O–H groups in total. The average Bonchev–Trinajstić information content (AvgIpc) is 3.29.